The number of halogens is 1. The van der Waals surface area contributed by atoms with E-state index in [1.165, 1.54) is 15.6 Å². The van der Waals surface area contributed by atoms with Gasteiger partial charge in [0.05, 0.1) is 11.4 Å². The molecule has 0 aliphatic carbocycles. The first kappa shape index (κ1) is 12.1. The number of rotatable bonds is 4. The van der Waals surface area contributed by atoms with E-state index in [1.54, 1.807) is 11.3 Å². The minimum absolute atomic E-state index is 0.959. The van der Waals surface area contributed by atoms with Crippen LogP contribution in [0.5, 0.6) is 0 Å². The smallest absolute Gasteiger partial charge is 0.103 e. The zero-order valence-electron chi connectivity index (χ0n) is 8.94. The third kappa shape index (κ3) is 3.34. The van der Waals surface area contributed by atoms with E-state index < -0.39 is 0 Å². The molecule has 1 nitrogen and oxygen atoms in total. The standard InChI is InChI=1S/C12H12BrNS2/c1-2-10-7-16-12(14-10)8-15-11-5-3-4-9(13)6-11/h3-7H,2,8H2,1H3. The summed E-state index contributed by atoms with van der Waals surface area (Å²) >= 11 is 7.06. The van der Waals surface area contributed by atoms with Gasteiger partial charge >= 0.3 is 0 Å². The van der Waals surface area contributed by atoms with E-state index in [9.17, 15) is 0 Å². The largest absolute Gasteiger partial charge is 0.245 e. The van der Waals surface area contributed by atoms with E-state index in [1.807, 2.05) is 17.8 Å². The minimum atomic E-state index is 0.959. The molecule has 0 atom stereocenters. The molecule has 0 bridgehead atoms. The Morgan fingerprint density at radius 3 is 3.00 bits per heavy atom. The van der Waals surface area contributed by atoms with E-state index in [2.05, 4.69) is 51.4 Å². The maximum Gasteiger partial charge on any atom is 0.103 e. The zero-order valence-corrected chi connectivity index (χ0v) is 12.2. The highest BCUT2D eigenvalue weighted by Crippen LogP contribution is 2.26. The van der Waals surface area contributed by atoms with E-state index in [0.29, 0.717) is 0 Å². The second-order valence-corrected chi connectivity index (χ2v) is 6.24. The summed E-state index contributed by atoms with van der Waals surface area (Å²) in [7, 11) is 0. The Kier molecular flexibility index (Phi) is 4.44. The van der Waals surface area contributed by atoms with E-state index in [-0.39, 0.29) is 0 Å². The van der Waals surface area contributed by atoms with Gasteiger partial charge in [-0.2, -0.15) is 0 Å². The van der Waals surface area contributed by atoms with Crippen molar-refractivity contribution < 1.29 is 0 Å². The van der Waals surface area contributed by atoms with Crippen molar-refractivity contribution in [3.63, 3.8) is 0 Å². The molecule has 2 aromatic rings. The van der Waals surface area contributed by atoms with Gasteiger partial charge in [0.2, 0.25) is 0 Å². The van der Waals surface area contributed by atoms with Gasteiger partial charge in [0.15, 0.2) is 0 Å². The van der Waals surface area contributed by atoms with Gasteiger partial charge in [0.1, 0.15) is 5.01 Å². The fraction of sp³-hybridized carbons (Fsp3) is 0.250. The molecule has 0 aliphatic rings. The summed E-state index contributed by atoms with van der Waals surface area (Å²) in [6.07, 6.45) is 1.03. The topological polar surface area (TPSA) is 12.9 Å². The number of aryl methyl sites for hydroxylation is 1. The van der Waals surface area contributed by atoms with E-state index >= 15 is 0 Å². The molecule has 0 saturated heterocycles. The average Bonchev–Trinajstić information content (AvgIpc) is 2.74. The number of hydrogen-bond donors (Lipinski definition) is 0. The van der Waals surface area contributed by atoms with E-state index in [0.717, 1.165) is 16.6 Å². The number of nitrogens with zero attached hydrogens (tertiary/aromatic N) is 1. The van der Waals surface area contributed by atoms with E-state index in [4.69, 9.17) is 0 Å². The number of hydrogen-bond acceptors (Lipinski definition) is 3. The highest BCUT2D eigenvalue weighted by atomic mass is 79.9. The van der Waals surface area contributed by atoms with Crippen LogP contribution in [-0.4, -0.2) is 4.98 Å². The monoisotopic (exact) mass is 313 g/mol. The Hall–Kier alpha value is -0.320. The normalized spacial score (nSPS) is 10.6. The van der Waals surface area contributed by atoms with Gasteiger partial charge in [-0.3, -0.25) is 0 Å². The van der Waals surface area contributed by atoms with Crippen molar-refractivity contribution in [1.82, 2.24) is 4.98 Å². The third-order valence-electron chi connectivity index (χ3n) is 2.12. The lowest BCUT2D eigenvalue weighted by Gasteiger charge is -1.99. The summed E-state index contributed by atoms with van der Waals surface area (Å²) in [6, 6.07) is 8.37. The number of benzene rings is 1. The quantitative estimate of drug-likeness (QED) is 0.755. The summed E-state index contributed by atoms with van der Waals surface area (Å²) < 4.78 is 1.13. The molecule has 16 heavy (non-hydrogen) atoms. The summed E-state index contributed by atoms with van der Waals surface area (Å²) in [5.74, 6) is 0.959. The van der Waals surface area contributed by atoms with Crippen molar-refractivity contribution in [2.45, 2.75) is 24.0 Å². The predicted molar refractivity (Wildman–Crippen MR) is 75.2 cm³/mol. The minimum Gasteiger partial charge on any atom is -0.245 e. The van der Waals surface area contributed by atoms with Crippen LogP contribution in [0, 0.1) is 0 Å². The molecular weight excluding hydrogens is 302 g/mol. The van der Waals surface area contributed by atoms with Crippen LogP contribution in [-0.2, 0) is 12.2 Å². The molecule has 0 spiro atoms. The van der Waals surface area contributed by atoms with Crippen LogP contribution in [0.25, 0.3) is 0 Å². The Morgan fingerprint density at radius 1 is 1.44 bits per heavy atom. The van der Waals surface area contributed by atoms with Crippen molar-refractivity contribution in [3.8, 4) is 0 Å². The van der Waals surface area contributed by atoms with Crippen molar-refractivity contribution in [3.05, 3.63) is 44.8 Å². The van der Waals surface area contributed by atoms with Crippen molar-refractivity contribution in [2.24, 2.45) is 0 Å². The fourth-order valence-electron chi connectivity index (χ4n) is 1.28. The average molecular weight is 314 g/mol. The maximum absolute atomic E-state index is 4.55. The third-order valence-corrected chi connectivity index (χ3v) is 4.70. The first-order valence-electron chi connectivity index (χ1n) is 5.09. The first-order chi connectivity index (χ1) is 7.78. The second-order valence-electron chi connectivity index (χ2n) is 3.33. The molecule has 1 aromatic heterocycles. The Bertz CT molecular complexity index is 468. The summed E-state index contributed by atoms with van der Waals surface area (Å²) in [5, 5.41) is 3.36. The Balaban J connectivity index is 1.96. The van der Waals surface area contributed by atoms with Gasteiger partial charge in [-0.25, -0.2) is 4.98 Å². The number of thioether (sulfide) groups is 1. The highest BCUT2D eigenvalue weighted by Gasteiger charge is 2.01. The van der Waals surface area contributed by atoms with Gasteiger partial charge in [-0.05, 0) is 24.6 Å². The highest BCUT2D eigenvalue weighted by molar-refractivity contribution is 9.10. The van der Waals surface area contributed by atoms with Crippen LogP contribution >= 0.6 is 39.0 Å². The molecule has 1 heterocycles. The second kappa shape index (κ2) is 5.84. The van der Waals surface area contributed by atoms with Gasteiger partial charge in [0, 0.05) is 14.7 Å². The lowest BCUT2D eigenvalue weighted by Crippen LogP contribution is -1.82. The SMILES string of the molecule is CCc1csc(CSc2cccc(Br)c2)n1. The van der Waals surface area contributed by atoms with Crippen molar-refractivity contribution in [2.75, 3.05) is 0 Å². The van der Waals surface area contributed by atoms with Gasteiger partial charge < -0.3 is 0 Å². The molecule has 2 rings (SSSR count). The molecule has 0 amide bonds. The molecular formula is C12H12BrNS2. The molecule has 0 radical (unpaired) electrons. The van der Waals surface area contributed by atoms with Crippen LogP contribution in [0.4, 0.5) is 0 Å². The molecule has 84 valence electrons. The van der Waals surface area contributed by atoms with Gasteiger partial charge in [-0.15, -0.1) is 23.1 Å². The van der Waals surface area contributed by atoms with Crippen molar-refractivity contribution in [1.29, 1.82) is 0 Å². The predicted octanol–water partition coefficient (Wildman–Crippen LogP) is 4.76. The van der Waals surface area contributed by atoms with Gasteiger partial charge in [0.25, 0.3) is 0 Å². The Labute approximate surface area is 112 Å². The lowest BCUT2D eigenvalue weighted by atomic mass is 10.4. The van der Waals surface area contributed by atoms with Crippen LogP contribution < -0.4 is 0 Å². The molecule has 0 saturated carbocycles. The lowest BCUT2D eigenvalue weighted by molar-refractivity contribution is 1.04. The Morgan fingerprint density at radius 2 is 2.31 bits per heavy atom. The number of aromatic nitrogens is 1. The van der Waals surface area contributed by atoms with Gasteiger partial charge in [-0.1, -0.05) is 28.9 Å². The molecule has 0 unspecified atom stereocenters. The summed E-state index contributed by atoms with van der Waals surface area (Å²) in [5.41, 5.74) is 1.20. The molecule has 0 fully saturated rings. The van der Waals surface area contributed by atoms with Crippen LogP contribution in [0.2, 0.25) is 0 Å². The van der Waals surface area contributed by atoms with Crippen LogP contribution in [0.3, 0.4) is 0 Å². The zero-order chi connectivity index (χ0) is 11.4. The fourth-order valence-corrected chi connectivity index (χ4v) is 3.68. The van der Waals surface area contributed by atoms with Crippen LogP contribution in [0.1, 0.15) is 17.6 Å². The summed E-state index contributed by atoms with van der Waals surface area (Å²) in [4.78, 5) is 5.83. The van der Waals surface area contributed by atoms with Crippen molar-refractivity contribution >= 4 is 39.0 Å². The summed E-state index contributed by atoms with van der Waals surface area (Å²) in [6.45, 7) is 2.14. The van der Waals surface area contributed by atoms with Crippen LogP contribution in [0.15, 0.2) is 39.0 Å². The molecule has 0 aliphatic heterocycles. The molecule has 4 heteroatoms. The number of thiazole rings is 1. The molecule has 1 aromatic carbocycles. The first-order valence-corrected chi connectivity index (χ1v) is 7.75. The maximum atomic E-state index is 4.55. The molecule has 0 N–H and O–H groups in total.